The Labute approximate surface area is 116 Å². The lowest BCUT2D eigenvalue weighted by atomic mass is 9.86. The fourth-order valence-electron chi connectivity index (χ4n) is 2.60. The Bertz CT molecular complexity index is 534. The average molecular weight is 279 g/mol. The molecule has 0 saturated heterocycles. The highest BCUT2D eigenvalue weighted by Crippen LogP contribution is 2.34. The summed E-state index contributed by atoms with van der Waals surface area (Å²) in [6.07, 6.45) is 5.16. The molecular formula is C14H17NO5. The first-order chi connectivity index (χ1) is 9.41. The summed E-state index contributed by atoms with van der Waals surface area (Å²) in [5.74, 6) is -0.951. The number of benzene rings is 1. The summed E-state index contributed by atoms with van der Waals surface area (Å²) in [6.45, 7) is 1.99. The molecule has 20 heavy (non-hydrogen) atoms. The molecule has 0 spiro atoms. The minimum atomic E-state index is -1.32. The number of nitrogens with zero attached hydrogens (tertiary/aromatic N) is 1. The molecule has 1 fully saturated rings. The summed E-state index contributed by atoms with van der Waals surface area (Å²) in [4.78, 5) is 21.2. The number of nitro benzene ring substituents is 1. The molecule has 6 heteroatoms. The third-order valence-corrected chi connectivity index (χ3v) is 3.67. The van der Waals surface area contributed by atoms with Gasteiger partial charge < -0.3 is 9.84 Å². The van der Waals surface area contributed by atoms with Crippen LogP contribution < -0.4 is 4.74 Å². The molecule has 1 aliphatic carbocycles. The average Bonchev–Trinajstić information content (AvgIpc) is 2.38. The van der Waals surface area contributed by atoms with Gasteiger partial charge >= 0.3 is 5.97 Å². The summed E-state index contributed by atoms with van der Waals surface area (Å²) in [5, 5.41) is 19.8. The molecule has 1 saturated carbocycles. The molecule has 0 atom stereocenters. The van der Waals surface area contributed by atoms with Crippen LogP contribution in [-0.4, -0.2) is 21.6 Å². The van der Waals surface area contributed by atoms with Gasteiger partial charge in [0.15, 0.2) is 0 Å². The number of hydrogen-bond donors (Lipinski definition) is 1. The lowest BCUT2D eigenvalue weighted by Gasteiger charge is -2.34. The fraction of sp³-hybridized carbons (Fsp3) is 0.500. The Balaban J connectivity index is 2.27. The smallest absolute Gasteiger partial charge is 0.342 e. The van der Waals surface area contributed by atoms with Crippen LogP contribution in [0.2, 0.25) is 0 Å². The standard InChI is InChI=1S/C14H17NO5/c1-14(7-3-2-4-8-14)20-10-5-6-12(15(18)19)11(9-10)13(16)17/h5-6,9H,2-4,7-8H2,1H3,(H,16,17). The Kier molecular flexibility index (Phi) is 3.92. The molecule has 2 rings (SSSR count). The molecule has 108 valence electrons. The Hall–Kier alpha value is -2.11. The van der Waals surface area contributed by atoms with Crippen LogP contribution in [0.4, 0.5) is 5.69 Å². The number of ether oxygens (including phenoxy) is 1. The molecule has 0 radical (unpaired) electrons. The van der Waals surface area contributed by atoms with Gasteiger partial charge in [0.05, 0.1) is 4.92 Å². The number of nitro groups is 1. The largest absolute Gasteiger partial charge is 0.488 e. The van der Waals surface area contributed by atoms with Crippen LogP contribution in [0.1, 0.15) is 49.4 Å². The van der Waals surface area contributed by atoms with E-state index in [1.54, 1.807) is 0 Å². The van der Waals surface area contributed by atoms with Gasteiger partial charge in [-0.15, -0.1) is 0 Å². The van der Waals surface area contributed by atoms with Crippen molar-refractivity contribution in [2.45, 2.75) is 44.6 Å². The van der Waals surface area contributed by atoms with E-state index in [1.807, 2.05) is 6.92 Å². The maximum Gasteiger partial charge on any atom is 0.342 e. The molecule has 1 aliphatic rings. The number of carboxylic acids is 1. The number of hydrogen-bond acceptors (Lipinski definition) is 4. The van der Waals surface area contributed by atoms with E-state index in [0.717, 1.165) is 25.7 Å². The van der Waals surface area contributed by atoms with Gasteiger partial charge in [-0.05, 0) is 38.7 Å². The predicted molar refractivity (Wildman–Crippen MR) is 72.2 cm³/mol. The second-order valence-corrected chi connectivity index (χ2v) is 5.35. The summed E-state index contributed by atoms with van der Waals surface area (Å²) in [5.41, 5.74) is -1.07. The minimum absolute atomic E-state index is 0.315. The number of rotatable bonds is 4. The van der Waals surface area contributed by atoms with Crippen LogP contribution in [0, 0.1) is 10.1 Å². The first-order valence-corrected chi connectivity index (χ1v) is 6.62. The molecule has 1 N–H and O–H groups in total. The Morgan fingerprint density at radius 1 is 1.35 bits per heavy atom. The fourth-order valence-corrected chi connectivity index (χ4v) is 2.60. The minimum Gasteiger partial charge on any atom is -0.488 e. The second-order valence-electron chi connectivity index (χ2n) is 5.35. The number of aromatic carboxylic acids is 1. The maximum atomic E-state index is 11.1. The van der Waals surface area contributed by atoms with E-state index in [0.29, 0.717) is 5.75 Å². The molecule has 6 nitrogen and oxygen atoms in total. The van der Waals surface area contributed by atoms with Crippen LogP contribution in [0.3, 0.4) is 0 Å². The van der Waals surface area contributed by atoms with Crippen LogP contribution >= 0.6 is 0 Å². The highest BCUT2D eigenvalue weighted by atomic mass is 16.6. The van der Waals surface area contributed by atoms with Crippen molar-refractivity contribution in [2.75, 3.05) is 0 Å². The highest BCUT2D eigenvalue weighted by molar-refractivity contribution is 5.92. The van der Waals surface area contributed by atoms with E-state index in [-0.39, 0.29) is 11.2 Å². The normalized spacial score (nSPS) is 17.4. The van der Waals surface area contributed by atoms with Crippen LogP contribution in [-0.2, 0) is 0 Å². The summed E-state index contributed by atoms with van der Waals surface area (Å²) in [7, 11) is 0. The quantitative estimate of drug-likeness (QED) is 0.674. The molecule has 0 unspecified atom stereocenters. The SMILES string of the molecule is CC1(Oc2ccc([N+](=O)[O-])c(C(=O)O)c2)CCCCC1. The van der Waals surface area contributed by atoms with E-state index in [1.165, 1.54) is 24.6 Å². The topological polar surface area (TPSA) is 89.7 Å². The van der Waals surface area contributed by atoms with Crippen molar-refractivity contribution in [2.24, 2.45) is 0 Å². The van der Waals surface area contributed by atoms with Crippen molar-refractivity contribution in [3.63, 3.8) is 0 Å². The lowest BCUT2D eigenvalue weighted by Crippen LogP contribution is -2.34. The predicted octanol–water partition coefficient (Wildman–Crippen LogP) is 3.39. The molecule has 0 amide bonds. The Morgan fingerprint density at radius 2 is 2.00 bits per heavy atom. The van der Waals surface area contributed by atoms with Crippen molar-refractivity contribution >= 4 is 11.7 Å². The van der Waals surface area contributed by atoms with Gasteiger partial charge in [-0.1, -0.05) is 6.42 Å². The van der Waals surface area contributed by atoms with E-state index in [2.05, 4.69) is 0 Å². The molecule has 1 aromatic rings. The van der Waals surface area contributed by atoms with Crippen molar-refractivity contribution < 1.29 is 19.6 Å². The molecule has 0 bridgehead atoms. The molecule has 0 heterocycles. The summed E-state index contributed by atoms with van der Waals surface area (Å²) >= 11 is 0. The Morgan fingerprint density at radius 3 is 2.55 bits per heavy atom. The van der Waals surface area contributed by atoms with Crippen molar-refractivity contribution in [1.29, 1.82) is 0 Å². The first-order valence-electron chi connectivity index (χ1n) is 6.62. The van der Waals surface area contributed by atoms with Gasteiger partial charge in [-0.25, -0.2) is 4.79 Å². The van der Waals surface area contributed by atoms with Gasteiger partial charge in [0.25, 0.3) is 5.69 Å². The van der Waals surface area contributed by atoms with Gasteiger partial charge in [-0.2, -0.15) is 0 Å². The molecule has 0 aromatic heterocycles. The van der Waals surface area contributed by atoms with Crippen LogP contribution in [0.15, 0.2) is 18.2 Å². The van der Waals surface area contributed by atoms with E-state index >= 15 is 0 Å². The van der Waals surface area contributed by atoms with Crippen molar-refractivity contribution in [3.05, 3.63) is 33.9 Å². The summed E-state index contributed by atoms with van der Waals surface area (Å²) in [6, 6.07) is 3.88. The lowest BCUT2D eigenvalue weighted by molar-refractivity contribution is -0.385. The molecule has 1 aromatic carbocycles. The highest BCUT2D eigenvalue weighted by Gasteiger charge is 2.30. The van der Waals surface area contributed by atoms with Crippen LogP contribution in [0.5, 0.6) is 5.75 Å². The van der Waals surface area contributed by atoms with E-state index in [4.69, 9.17) is 9.84 Å². The van der Waals surface area contributed by atoms with E-state index in [9.17, 15) is 14.9 Å². The maximum absolute atomic E-state index is 11.1. The van der Waals surface area contributed by atoms with Gasteiger partial charge in [0, 0.05) is 12.1 Å². The van der Waals surface area contributed by atoms with Gasteiger partial charge in [0.1, 0.15) is 16.9 Å². The monoisotopic (exact) mass is 279 g/mol. The zero-order valence-electron chi connectivity index (χ0n) is 11.3. The molecular weight excluding hydrogens is 262 g/mol. The zero-order chi connectivity index (χ0) is 14.8. The van der Waals surface area contributed by atoms with Gasteiger partial charge in [-0.3, -0.25) is 10.1 Å². The third-order valence-electron chi connectivity index (χ3n) is 3.67. The van der Waals surface area contributed by atoms with Crippen molar-refractivity contribution in [3.8, 4) is 5.75 Å². The summed E-state index contributed by atoms with van der Waals surface area (Å²) < 4.78 is 5.88. The van der Waals surface area contributed by atoms with Crippen molar-refractivity contribution in [1.82, 2.24) is 0 Å². The molecule has 0 aliphatic heterocycles. The third kappa shape index (κ3) is 3.07. The zero-order valence-corrected chi connectivity index (χ0v) is 11.3. The first kappa shape index (κ1) is 14.3. The van der Waals surface area contributed by atoms with Gasteiger partial charge in [0.2, 0.25) is 0 Å². The second kappa shape index (κ2) is 5.48. The van der Waals surface area contributed by atoms with E-state index < -0.39 is 16.6 Å². The van der Waals surface area contributed by atoms with Crippen LogP contribution in [0.25, 0.3) is 0 Å². The number of carbonyl (C=O) groups is 1. The number of carboxylic acid groups (broad SMARTS) is 1.